The Kier molecular flexibility index (Phi) is 7.45. The number of carbonyl (C=O) groups is 2. The lowest BCUT2D eigenvalue weighted by Gasteiger charge is -2.34. The van der Waals surface area contributed by atoms with Crippen LogP contribution in [0.3, 0.4) is 0 Å². The van der Waals surface area contributed by atoms with Gasteiger partial charge in [-0.15, -0.1) is 24.5 Å². The molecule has 0 radical (unpaired) electrons. The van der Waals surface area contributed by atoms with E-state index in [1.807, 2.05) is 0 Å². The summed E-state index contributed by atoms with van der Waals surface area (Å²) in [7, 11) is 1.34. The van der Waals surface area contributed by atoms with Crippen LogP contribution in [0.1, 0.15) is 35.7 Å². The predicted octanol–water partition coefficient (Wildman–Crippen LogP) is 4.24. The molecule has 1 saturated carbocycles. The fourth-order valence-corrected chi connectivity index (χ4v) is 4.10. The monoisotopic (exact) mass is 515 g/mol. The van der Waals surface area contributed by atoms with E-state index in [4.69, 9.17) is 9.47 Å². The second-order valence-electron chi connectivity index (χ2n) is 7.45. The average Bonchev–Trinajstić information content (AvgIpc) is 3.12. The minimum Gasteiger partial charge on any atom is -0.474 e. The van der Waals surface area contributed by atoms with Crippen molar-refractivity contribution in [2.24, 2.45) is 0 Å². The fraction of sp³-hybridized carbons (Fsp3) is 0.526. The van der Waals surface area contributed by atoms with Crippen LogP contribution in [0.25, 0.3) is 10.2 Å². The molecule has 2 aromatic rings. The molecule has 0 aromatic carbocycles. The minimum absolute atomic E-state index is 0.0198. The highest BCUT2D eigenvalue weighted by Crippen LogP contribution is 2.41. The molecule has 1 fully saturated rings. The van der Waals surface area contributed by atoms with Crippen LogP contribution in [0.5, 0.6) is 5.88 Å². The van der Waals surface area contributed by atoms with Gasteiger partial charge in [-0.3, -0.25) is 9.53 Å². The molecule has 1 aliphatic rings. The first-order chi connectivity index (χ1) is 15.8. The molecule has 2 heterocycles. The Morgan fingerprint density at radius 3 is 2.47 bits per heavy atom. The number of hydrogen-bond donors (Lipinski definition) is 2. The topological polar surface area (TPSA) is 98.8 Å². The van der Waals surface area contributed by atoms with E-state index in [1.165, 1.54) is 19.4 Å². The molecule has 188 valence electrons. The molecule has 2 N–H and O–H groups in total. The number of aromatic nitrogens is 1. The summed E-state index contributed by atoms with van der Waals surface area (Å²) in [5, 5.41) is 5.80. The number of nitrogens with one attached hydrogen (secondary N) is 2. The van der Waals surface area contributed by atoms with Crippen LogP contribution < -0.4 is 15.4 Å². The summed E-state index contributed by atoms with van der Waals surface area (Å²) in [6.45, 7) is 0.489. The molecule has 0 bridgehead atoms. The zero-order valence-electron chi connectivity index (χ0n) is 17.7. The average molecular weight is 515 g/mol. The van der Waals surface area contributed by atoms with Crippen molar-refractivity contribution >= 4 is 33.6 Å². The minimum atomic E-state index is -4.83. The summed E-state index contributed by atoms with van der Waals surface area (Å²) >= 11 is 0.740. The van der Waals surface area contributed by atoms with Crippen molar-refractivity contribution in [2.45, 2.75) is 50.6 Å². The smallest absolute Gasteiger partial charge is 0.474 e. The van der Waals surface area contributed by atoms with Crippen molar-refractivity contribution in [3.05, 3.63) is 22.6 Å². The number of hydrogen-bond acceptors (Lipinski definition) is 7. The van der Waals surface area contributed by atoms with E-state index in [0.29, 0.717) is 0 Å². The summed E-state index contributed by atoms with van der Waals surface area (Å²) in [6, 6.07) is -0.228. The third-order valence-electron chi connectivity index (χ3n) is 4.75. The SMILES string of the molecule is CNC(=O)c1csc2c(C(F)(F)F)cc(OC3CC(OC(=O)N[C@@H](C)COC(F)(F)F)C3)nc12. The van der Waals surface area contributed by atoms with Gasteiger partial charge >= 0.3 is 18.6 Å². The van der Waals surface area contributed by atoms with Crippen LogP contribution in [0, 0.1) is 0 Å². The summed E-state index contributed by atoms with van der Waals surface area (Å²) in [6.07, 6.45) is -11.5. The maximum Gasteiger partial charge on any atom is 0.522 e. The van der Waals surface area contributed by atoms with Gasteiger partial charge in [0, 0.05) is 31.3 Å². The van der Waals surface area contributed by atoms with E-state index in [2.05, 4.69) is 20.4 Å². The lowest BCUT2D eigenvalue weighted by molar-refractivity contribution is -0.326. The number of ether oxygens (including phenoxy) is 3. The highest BCUT2D eigenvalue weighted by Gasteiger charge is 2.38. The zero-order chi connectivity index (χ0) is 25.3. The van der Waals surface area contributed by atoms with Crippen LogP contribution in [0.2, 0.25) is 0 Å². The predicted molar refractivity (Wildman–Crippen MR) is 107 cm³/mol. The first-order valence-corrected chi connectivity index (χ1v) is 10.7. The molecule has 3 rings (SSSR count). The van der Waals surface area contributed by atoms with Crippen molar-refractivity contribution in [2.75, 3.05) is 13.7 Å². The van der Waals surface area contributed by atoms with Crippen LogP contribution in [-0.2, 0) is 15.7 Å². The molecule has 2 amide bonds. The Morgan fingerprint density at radius 1 is 1.21 bits per heavy atom. The number of carbonyl (C=O) groups excluding carboxylic acids is 2. The molecular formula is C19H19F6N3O5S. The van der Waals surface area contributed by atoms with Crippen molar-refractivity contribution in [3.8, 4) is 5.88 Å². The Hall–Kier alpha value is -2.81. The van der Waals surface area contributed by atoms with E-state index < -0.39 is 55.0 Å². The van der Waals surface area contributed by atoms with Crippen molar-refractivity contribution in [1.29, 1.82) is 0 Å². The van der Waals surface area contributed by atoms with Gasteiger partial charge in [-0.2, -0.15) is 13.2 Å². The number of thiophene rings is 1. The second kappa shape index (κ2) is 9.82. The van der Waals surface area contributed by atoms with Gasteiger partial charge in [-0.1, -0.05) is 0 Å². The van der Waals surface area contributed by atoms with Crippen molar-refractivity contribution < 1.29 is 50.1 Å². The van der Waals surface area contributed by atoms with Crippen LogP contribution in [0.4, 0.5) is 31.1 Å². The molecule has 0 aliphatic heterocycles. The van der Waals surface area contributed by atoms with Gasteiger partial charge in [0.2, 0.25) is 5.88 Å². The number of halogens is 6. The Bertz CT molecular complexity index is 1050. The molecule has 0 unspecified atom stereocenters. The summed E-state index contributed by atoms with van der Waals surface area (Å²) in [5.74, 6) is -0.934. The molecule has 0 spiro atoms. The number of rotatable bonds is 7. The molecular weight excluding hydrogens is 496 g/mol. The van der Waals surface area contributed by atoms with Gasteiger partial charge in [0.1, 0.15) is 12.2 Å². The second-order valence-corrected chi connectivity index (χ2v) is 8.33. The van der Waals surface area contributed by atoms with Crippen LogP contribution in [-0.4, -0.2) is 55.3 Å². The van der Waals surface area contributed by atoms with E-state index in [0.717, 1.165) is 17.4 Å². The quantitative estimate of drug-likeness (QED) is 0.536. The largest absolute Gasteiger partial charge is 0.522 e. The van der Waals surface area contributed by atoms with Gasteiger partial charge in [-0.05, 0) is 6.92 Å². The molecule has 8 nitrogen and oxygen atoms in total. The molecule has 1 aliphatic carbocycles. The van der Waals surface area contributed by atoms with E-state index in [1.54, 1.807) is 0 Å². The van der Waals surface area contributed by atoms with E-state index in [9.17, 15) is 35.9 Å². The maximum atomic E-state index is 13.5. The molecule has 1 atom stereocenters. The van der Waals surface area contributed by atoms with Gasteiger partial charge < -0.3 is 20.1 Å². The molecule has 15 heteroatoms. The Morgan fingerprint density at radius 2 is 1.88 bits per heavy atom. The standard InChI is InChI=1S/C19H19F6N3O5S/c1-8(6-31-19(23,24)25)27-17(30)33-10-3-9(4-10)32-13-5-12(18(20,21)22)15-14(28-13)11(7-34-15)16(29)26-2/h5,7-10H,3-4,6H2,1-2H3,(H,26,29)(H,27,30)/t8-,9?,10?/m0/s1. The van der Waals surface area contributed by atoms with E-state index in [-0.39, 0.29) is 34.5 Å². The maximum absolute atomic E-state index is 13.5. The number of nitrogens with zero attached hydrogens (tertiary/aromatic N) is 1. The van der Waals surface area contributed by atoms with E-state index >= 15 is 0 Å². The lowest BCUT2D eigenvalue weighted by atomic mass is 9.92. The van der Waals surface area contributed by atoms with Crippen molar-refractivity contribution in [1.82, 2.24) is 15.6 Å². The lowest BCUT2D eigenvalue weighted by Crippen LogP contribution is -2.45. The molecule has 0 saturated heterocycles. The summed E-state index contributed by atoms with van der Waals surface area (Å²) in [5.41, 5.74) is -1.15. The molecule has 2 aromatic heterocycles. The summed E-state index contributed by atoms with van der Waals surface area (Å²) in [4.78, 5) is 27.8. The normalized spacial score (nSPS) is 19.3. The third-order valence-corrected chi connectivity index (χ3v) is 5.75. The number of alkyl carbamates (subject to hydrolysis) is 1. The van der Waals surface area contributed by atoms with Crippen molar-refractivity contribution in [3.63, 3.8) is 0 Å². The highest BCUT2D eigenvalue weighted by atomic mass is 32.1. The Labute approximate surface area is 192 Å². The zero-order valence-corrected chi connectivity index (χ0v) is 18.5. The fourth-order valence-electron chi connectivity index (χ4n) is 3.08. The molecule has 34 heavy (non-hydrogen) atoms. The third kappa shape index (κ3) is 6.40. The first kappa shape index (κ1) is 25.8. The van der Waals surface area contributed by atoms with Gasteiger partial charge in [0.25, 0.3) is 5.91 Å². The number of fused-ring (bicyclic) bond motifs is 1. The number of amides is 2. The van der Waals surface area contributed by atoms with Gasteiger partial charge in [0.05, 0.1) is 34.0 Å². The number of pyridine rings is 1. The van der Waals surface area contributed by atoms with Crippen LogP contribution in [0.15, 0.2) is 11.4 Å². The first-order valence-electron chi connectivity index (χ1n) is 9.82. The van der Waals surface area contributed by atoms with Gasteiger partial charge in [-0.25, -0.2) is 9.78 Å². The summed E-state index contributed by atoms with van der Waals surface area (Å²) < 4.78 is 90.6. The van der Waals surface area contributed by atoms with Crippen LogP contribution >= 0.6 is 11.3 Å². The highest BCUT2D eigenvalue weighted by molar-refractivity contribution is 7.17. The number of alkyl halides is 6. The van der Waals surface area contributed by atoms with Gasteiger partial charge in [0.15, 0.2) is 0 Å². The Balaban J connectivity index is 1.60.